The zero-order valence-electron chi connectivity index (χ0n) is 14.9. The van der Waals surface area contributed by atoms with E-state index in [-0.39, 0.29) is 25.6 Å². The predicted octanol–water partition coefficient (Wildman–Crippen LogP) is -2.79. The lowest BCUT2D eigenvalue weighted by molar-refractivity contribution is -0.163. The van der Waals surface area contributed by atoms with Crippen LogP contribution in [0.3, 0.4) is 0 Å². The number of rotatable bonds is 5. The van der Waals surface area contributed by atoms with Crippen molar-refractivity contribution in [3.05, 3.63) is 0 Å². The van der Waals surface area contributed by atoms with Crippen LogP contribution in [0.5, 0.6) is 0 Å². The molecule has 0 aromatic carbocycles. The Kier molecular flexibility index (Phi) is 5.82. The molecule has 0 saturated carbocycles. The summed E-state index contributed by atoms with van der Waals surface area (Å²) in [4.78, 5) is 27.4. The fourth-order valence-electron chi connectivity index (χ4n) is 3.61. The SMILES string of the molecule is CS(=O)(=O)N1C[C@H](C(=O)NCCN2CCOCC2)[C@@]2(C1)OCCNC2=O. The molecule has 148 valence electrons. The van der Waals surface area contributed by atoms with E-state index < -0.39 is 27.4 Å². The fraction of sp³-hybridized carbons (Fsp3) is 0.867. The Bertz CT molecular complexity index is 651. The van der Waals surface area contributed by atoms with Gasteiger partial charge < -0.3 is 20.1 Å². The van der Waals surface area contributed by atoms with Crippen molar-refractivity contribution in [2.75, 3.05) is 71.9 Å². The molecule has 3 fully saturated rings. The molecule has 3 aliphatic heterocycles. The van der Waals surface area contributed by atoms with E-state index in [1.165, 1.54) is 0 Å². The Hall–Kier alpha value is -1.27. The molecule has 11 heteroatoms. The average Bonchev–Trinajstić information content (AvgIpc) is 2.99. The van der Waals surface area contributed by atoms with E-state index in [0.717, 1.165) is 23.7 Å². The molecule has 3 saturated heterocycles. The number of morpholine rings is 2. The van der Waals surface area contributed by atoms with Crippen molar-refractivity contribution in [3.8, 4) is 0 Å². The second-order valence-electron chi connectivity index (χ2n) is 6.85. The summed E-state index contributed by atoms with van der Waals surface area (Å²) in [6, 6.07) is 0. The van der Waals surface area contributed by atoms with E-state index in [0.29, 0.717) is 32.8 Å². The minimum absolute atomic E-state index is 0.0599. The summed E-state index contributed by atoms with van der Waals surface area (Å²) < 4.78 is 36.0. The van der Waals surface area contributed by atoms with E-state index >= 15 is 0 Å². The van der Waals surface area contributed by atoms with Gasteiger partial charge in [-0.3, -0.25) is 14.5 Å². The van der Waals surface area contributed by atoms with Crippen LogP contribution >= 0.6 is 0 Å². The quantitative estimate of drug-likeness (QED) is 0.521. The number of nitrogens with one attached hydrogen (secondary N) is 2. The second-order valence-corrected chi connectivity index (χ2v) is 8.83. The van der Waals surface area contributed by atoms with Crippen molar-refractivity contribution in [1.82, 2.24) is 19.8 Å². The van der Waals surface area contributed by atoms with Crippen molar-refractivity contribution in [2.24, 2.45) is 5.92 Å². The van der Waals surface area contributed by atoms with Crippen molar-refractivity contribution in [3.63, 3.8) is 0 Å². The maximum Gasteiger partial charge on any atom is 0.254 e. The lowest BCUT2D eigenvalue weighted by Crippen LogP contribution is -2.62. The first-order valence-electron chi connectivity index (χ1n) is 8.78. The summed E-state index contributed by atoms with van der Waals surface area (Å²) in [6.45, 7) is 4.49. The van der Waals surface area contributed by atoms with Gasteiger partial charge in [-0.05, 0) is 0 Å². The summed E-state index contributed by atoms with van der Waals surface area (Å²) >= 11 is 0. The number of hydrogen-bond acceptors (Lipinski definition) is 7. The van der Waals surface area contributed by atoms with Crippen LogP contribution in [-0.2, 0) is 29.1 Å². The smallest absolute Gasteiger partial charge is 0.254 e. The molecule has 2 atom stereocenters. The molecule has 0 aromatic heterocycles. The Labute approximate surface area is 153 Å². The van der Waals surface area contributed by atoms with Crippen molar-refractivity contribution >= 4 is 21.8 Å². The number of ether oxygens (including phenoxy) is 2. The normalized spacial score (nSPS) is 31.1. The molecule has 2 amide bonds. The fourth-order valence-corrected chi connectivity index (χ4v) is 4.46. The second kappa shape index (κ2) is 7.77. The minimum atomic E-state index is -3.53. The van der Waals surface area contributed by atoms with Gasteiger partial charge in [0.05, 0.1) is 38.5 Å². The summed E-state index contributed by atoms with van der Waals surface area (Å²) in [6.07, 6.45) is 1.07. The van der Waals surface area contributed by atoms with Crippen LogP contribution in [0.15, 0.2) is 0 Å². The summed E-state index contributed by atoms with van der Waals surface area (Å²) in [5.74, 6) is -1.66. The average molecular weight is 390 g/mol. The minimum Gasteiger partial charge on any atom is -0.379 e. The molecule has 3 rings (SSSR count). The van der Waals surface area contributed by atoms with Crippen LogP contribution in [-0.4, -0.2) is 107 Å². The van der Waals surface area contributed by atoms with Crippen molar-refractivity contribution in [1.29, 1.82) is 0 Å². The zero-order valence-corrected chi connectivity index (χ0v) is 15.7. The maximum atomic E-state index is 12.7. The zero-order chi connectivity index (χ0) is 18.8. The lowest BCUT2D eigenvalue weighted by Gasteiger charge is -2.36. The monoisotopic (exact) mass is 390 g/mol. The van der Waals surface area contributed by atoms with E-state index in [9.17, 15) is 18.0 Å². The topological polar surface area (TPSA) is 117 Å². The number of sulfonamides is 1. The van der Waals surface area contributed by atoms with Crippen molar-refractivity contribution < 1.29 is 27.5 Å². The predicted molar refractivity (Wildman–Crippen MR) is 91.9 cm³/mol. The maximum absolute atomic E-state index is 12.7. The number of hydrogen-bond donors (Lipinski definition) is 2. The van der Waals surface area contributed by atoms with Gasteiger partial charge in [0, 0.05) is 39.3 Å². The highest BCUT2D eigenvalue weighted by Crippen LogP contribution is 2.34. The van der Waals surface area contributed by atoms with Gasteiger partial charge in [0.25, 0.3) is 5.91 Å². The molecule has 3 aliphatic rings. The molecule has 1 spiro atoms. The number of carbonyl (C=O) groups excluding carboxylic acids is 2. The van der Waals surface area contributed by atoms with Crippen LogP contribution in [0.2, 0.25) is 0 Å². The highest BCUT2D eigenvalue weighted by molar-refractivity contribution is 7.88. The Balaban J connectivity index is 1.66. The first-order chi connectivity index (χ1) is 12.3. The van der Waals surface area contributed by atoms with Crippen molar-refractivity contribution in [2.45, 2.75) is 5.60 Å². The summed E-state index contributed by atoms with van der Waals surface area (Å²) in [5, 5.41) is 5.53. The van der Waals surface area contributed by atoms with E-state index in [1.54, 1.807) is 0 Å². The van der Waals surface area contributed by atoms with Crippen LogP contribution in [0.4, 0.5) is 0 Å². The number of carbonyl (C=O) groups is 2. The van der Waals surface area contributed by atoms with Gasteiger partial charge in [0.15, 0.2) is 5.60 Å². The molecule has 0 aliphatic carbocycles. The number of nitrogens with zero attached hydrogens (tertiary/aromatic N) is 2. The molecule has 2 N–H and O–H groups in total. The molecular weight excluding hydrogens is 364 g/mol. The molecule has 0 aromatic rings. The Morgan fingerprint density at radius 3 is 2.73 bits per heavy atom. The molecule has 3 heterocycles. The van der Waals surface area contributed by atoms with Gasteiger partial charge in [-0.25, -0.2) is 8.42 Å². The highest BCUT2D eigenvalue weighted by Gasteiger charge is 2.59. The summed E-state index contributed by atoms with van der Waals surface area (Å²) in [7, 11) is -3.53. The largest absolute Gasteiger partial charge is 0.379 e. The third-order valence-electron chi connectivity index (χ3n) is 5.11. The van der Waals surface area contributed by atoms with Gasteiger partial charge in [0.2, 0.25) is 15.9 Å². The highest BCUT2D eigenvalue weighted by atomic mass is 32.2. The molecule has 0 radical (unpaired) electrons. The molecule has 0 unspecified atom stereocenters. The first-order valence-corrected chi connectivity index (χ1v) is 10.6. The van der Waals surface area contributed by atoms with Crippen LogP contribution in [0.25, 0.3) is 0 Å². The van der Waals surface area contributed by atoms with Crippen LogP contribution < -0.4 is 10.6 Å². The van der Waals surface area contributed by atoms with Gasteiger partial charge in [-0.15, -0.1) is 0 Å². The third-order valence-corrected chi connectivity index (χ3v) is 6.32. The van der Waals surface area contributed by atoms with Gasteiger partial charge >= 0.3 is 0 Å². The van der Waals surface area contributed by atoms with Crippen LogP contribution in [0.1, 0.15) is 0 Å². The first kappa shape index (κ1) is 19.5. The Morgan fingerprint density at radius 2 is 2.08 bits per heavy atom. The molecule has 10 nitrogen and oxygen atoms in total. The van der Waals surface area contributed by atoms with Gasteiger partial charge in [0.1, 0.15) is 0 Å². The molecule has 26 heavy (non-hydrogen) atoms. The van der Waals surface area contributed by atoms with E-state index in [4.69, 9.17) is 9.47 Å². The standard InChI is InChI=1S/C15H26N4O6S/c1-26(22,23)19-10-12(15(11-19)14(21)17-3-7-25-15)13(20)16-2-4-18-5-8-24-9-6-18/h12H,2-11H2,1H3,(H,16,20)(H,17,21)/t12-,15-/m1/s1. The van der Waals surface area contributed by atoms with E-state index in [1.807, 2.05) is 0 Å². The molecular formula is C15H26N4O6S. The third kappa shape index (κ3) is 4.01. The number of amides is 2. The summed E-state index contributed by atoms with van der Waals surface area (Å²) in [5.41, 5.74) is -1.45. The lowest BCUT2D eigenvalue weighted by atomic mass is 9.88. The van der Waals surface area contributed by atoms with E-state index in [2.05, 4.69) is 15.5 Å². The van der Waals surface area contributed by atoms with Gasteiger partial charge in [-0.1, -0.05) is 0 Å². The van der Waals surface area contributed by atoms with Gasteiger partial charge in [-0.2, -0.15) is 4.31 Å². The molecule has 0 bridgehead atoms. The Morgan fingerprint density at radius 1 is 1.35 bits per heavy atom. The van der Waals surface area contributed by atoms with Crippen LogP contribution in [0, 0.1) is 5.92 Å².